The second-order valence-electron chi connectivity index (χ2n) is 5.10. The molecular weight excluding hydrogens is 242 g/mol. The predicted molar refractivity (Wildman–Crippen MR) is 72.6 cm³/mol. The Kier molecular flexibility index (Phi) is 4.56. The third-order valence-corrected chi connectivity index (χ3v) is 3.78. The van der Waals surface area contributed by atoms with Gasteiger partial charge < -0.3 is 14.7 Å². The lowest BCUT2D eigenvalue weighted by atomic mass is 10.0. The van der Waals surface area contributed by atoms with Crippen LogP contribution in [0.4, 0.5) is 0 Å². The first kappa shape index (κ1) is 14.0. The molecule has 1 aromatic rings. The van der Waals surface area contributed by atoms with Crippen molar-refractivity contribution in [1.82, 2.24) is 4.90 Å². The largest absolute Gasteiger partial charge is 0.393 e. The first-order chi connectivity index (χ1) is 9.13. The molecule has 2 rings (SSSR count). The van der Waals surface area contributed by atoms with E-state index in [4.69, 9.17) is 4.74 Å². The number of rotatable bonds is 4. The van der Waals surface area contributed by atoms with Crippen LogP contribution in [-0.2, 0) is 9.53 Å². The number of aliphatic hydroxyl groups excluding tert-OH is 1. The van der Waals surface area contributed by atoms with E-state index >= 15 is 0 Å². The lowest BCUT2D eigenvalue weighted by Crippen LogP contribution is -2.35. The summed E-state index contributed by atoms with van der Waals surface area (Å²) in [6, 6.07) is 9.51. The van der Waals surface area contributed by atoms with Crippen molar-refractivity contribution in [3.05, 3.63) is 35.9 Å². The number of aliphatic hydroxyl groups is 1. The Balaban J connectivity index is 2.06. The van der Waals surface area contributed by atoms with Gasteiger partial charge >= 0.3 is 0 Å². The summed E-state index contributed by atoms with van der Waals surface area (Å²) in [4.78, 5) is 14.3. The molecule has 0 bridgehead atoms. The van der Waals surface area contributed by atoms with E-state index in [-0.39, 0.29) is 17.9 Å². The van der Waals surface area contributed by atoms with E-state index in [0.29, 0.717) is 13.1 Å². The fourth-order valence-corrected chi connectivity index (χ4v) is 2.55. The van der Waals surface area contributed by atoms with Gasteiger partial charge in [-0.2, -0.15) is 0 Å². The van der Waals surface area contributed by atoms with Gasteiger partial charge in [-0.15, -0.1) is 0 Å². The quantitative estimate of drug-likeness (QED) is 0.897. The normalized spacial score (nSPS) is 22.3. The molecule has 1 saturated heterocycles. The molecule has 19 heavy (non-hydrogen) atoms. The van der Waals surface area contributed by atoms with Gasteiger partial charge in [0.2, 0.25) is 0 Å². The molecule has 0 aromatic heterocycles. The van der Waals surface area contributed by atoms with E-state index in [2.05, 4.69) is 0 Å². The number of carbonyl (C=O) groups excluding carboxylic acids is 1. The Morgan fingerprint density at radius 2 is 2.11 bits per heavy atom. The summed E-state index contributed by atoms with van der Waals surface area (Å²) in [5.41, 5.74) is 0.871. The SMILES string of the molecule is COC(C(=O)N1CCC(C(C)O)C1)c1ccccc1. The number of carbonyl (C=O) groups is 1. The fraction of sp³-hybridized carbons (Fsp3) is 0.533. The lowest BCUT2D eigenvalue weighted by molar-refractivity contribution is -0.141. The van der Waals surface area contributed by atoms with Crippen molar-refractivity contribution < 1.29 is 14.6 Å². The molecule has 1 aromatic carbocycles. The average molecular weight is 263 g/mol. The summed E-state index contributed by atoms with van der Waals surface area (Å²) in [5, 5.41) is 9.60. The summed E-state index contributed by atoms with van der Waals surface area (Å²) < 4.78 is 5.35. The van der Waals surface area contributed by atoms with Crippen LogP contribution in [0, 0.1) is 5.92 Å². The van der Waals surface area contributed by atoms with Gasteiger partial charge in [-0.1, -0.05) is 30.3 Å². The van der Waals surface area contributed by atoms with E-state index in [1.54, 1.807) is 18.9 Å². The fourth-order valence-electron chi connectivity index (χ4n) is 2.55. The summed E-state index contributed by atoms with van der Waals surface area (Å²) in [5.74, 6) is 0.161. The van der Waals surface area contributed by atoms with Gasteiger partial charge in [0, 0.05) is 26.1 Å². The van der Waals surface area contributed by atoms with Crippen molar-refractivity contribution in [3.63, 3.8) is 0 Å². The second-order valence-corrected chi connectivity index (χ2v) is 5.10. The van der Waals surface area contributed by atoms with Crippen LogP contribution >= 0.6 is 0 Å². The molecular formula is C15H21NO3. The van der Waals surface area contributed by atoms with Gasteiger partial charge in [0.15, 0.2) is 6.10 Å². The van der Waals surface area contributed by atoms with Crippen LogP contribution in [0.3, 0.4) is 0 Å². The first-order valence-corrected chi connectivity index (χ1v) is 6.68. The van der Waals surface area contributed by atoms with Crippen LogP contribution in [0.5, 0.6) is 0 Å². The zero-order valence-electron chi connectivity index (χ0n) is 11.5. The van der Waals surface area contributed by atoms with E-state index in [1.165, 1.54) is 0 Å². The minimum absolute atomic E-state index is 0.0168. The topological polar surface area (TPSA) is 49.8 Å². The minimum atomic E-state index is -0.547. The van der Waals surface area contributed by atoms with Gasteiger partial charge in [-0.3, -0.25) is 4.79 Å². The third kappa shape index (κ3) is 3.14. The standard InChI is InChI=1S/C15H21NO3/c1-11(17)13-8-9-16(10-13)15(18)14(19-2)12-6-4-3-5-7-12/h3-7,11,13-14,17H,8-10H2,1-2H3. The lowest BCUT2D eigenvalue weighted by Gasteiger charge is -2.23. The van der Waals surface area contributed by atoms with Crippen LogP contribution in [-0.4, -0.2) is 42.2 Å². The molecule has 1 aliphatic heterocycles. The number of benzene rings is 1. The Morgan fingerprint density at radius 1 is 1.42 bits per heavy atom. The Morgan fingerprint density at radius 3 is 2.63 bits per heavy atom. The van der Waals surface area contributed by atoms with Crippen molar-refractivity contribution in [2.75, 3.05) is 20.2 Å². The second kappa shape index (κ2) is 6.17. The zero-order valence-corrected chi connectivity index (χ0v) is 11.5. The van der Waals surface area contributed by atoms with Crippen molar-refractivity contribution in [2.45, 2.75) is 25.6 Å². The highest BCUT2D eigenvalue weighted by Gasteiger charge is 2.33. The Labute approximate surface area is 114 Å². The molecule has 0 aliphatic carbocycles. The molecule has 1 N–H and O–H groups in total. The van der Waals surface area contributed by atoms with Crippen LogP contribution in [0.25, 0.3) is 0 Å². The molecule has 0 spiro atoms. The Hall–Kier alpha value is -1.39. The summed E-state index contributed by atoms with van der Waals surface area (Å²) in [7, 11) is 1.55. The molecule has 3 atom stereocenters. The highest BCUT2D eigenvalue weighted by atomic mass is 16.5. The van der Waals surface area contributed by atoms with Gasteiger partial charge in [-0.05, 0) is 18.9 Å². The Bertz CT molecular complexity index is 419. The van der Waals surface area contributed by atoms with Crippen molar-refractivity contribution in [2.24, 2.45) is 5.92 Å². The van der Waals surface area contributed by atoms with Crippen LogP contribution in [0.1, 0.15) is 25.0 Å². The van der Waals surface area contributed by atoms with Gasteiger partial charge in [0.1, 0.15) is 0 Å². The third-order valence-electron chi connectivity index (χ3n) is 3.78. The number of hydrogen-bond acceptors (Lipinski definition) is 3. The van der Waals surface area contributed by atoms with Crippen LogP contribution in [0.15, 0.2) is 30.3 Å². The predicted octanol–water partition coefficient (Wildman–Crippen LogP) is 1.60. The highest BCUT2D eigenvalue weighted by Crippen LogP contribution is 2.25. The maximum Gasteiger partial charge on any atom is 0.256 e. The summed E-state index contributed by atoms with van der Waals surface area (Å²) >= 11 is 0. The van der Waals surface area contributed by atoms with Crippen LogP contribution in [0.2, 0.25) is 0 Å². The maximum atomic E-state index is 12.5. The van der Waals surface area contributed by atoms with Crippen molar-refractivity contribution in [1.29, 1.82) is 0 Å². The number of ether oxygens (including phenoxy) is 1. The molecule has 1 fully saturated rings. The molecule has 1 aliphatic rings. The number of methoxy groups -OCH3 is 1. The highest BCUT2D eigenvalue weighted by molar-refractivity contribution is 5.82. The number of hydrogen-bond donors (Lipinski definition) is 1. The maximum absolute atomic E-state index is 12.5. The number of amides is 1. The molecule has 4 nitrogen and oxygen atoms in total. The van der Waals surface area contributed by atoms with E-state index in [1.807, 2.05) is 30.3 Å². The van der Waals surface area contributed by atoms with Gasteiger partial charge in [0.25, 0.3) is 5.91 Å². The minimum Gasteiger partial charge on any atom is -0.393 e. The molecule has 1 heterocycles. The average Bonchev–Trinajstić information content (AvgIpc) is 2.90. The summed E-state index contributed by atoms with van der Waals surface area (Å²) in [6.45, 7) is 3.09. The smallest absolute Gasteiger partial charge is 0.256 e. The number of likely N-dealkylation sites (tertiary alicyclic amines) is 1. The summed E-state index contributed by atoms with van der Waals surface area (Å²) in [6.07, 6.45) is -0.0567. The first-order valence-electron chi connectivity index (χ1n) is 6.68. The molecule has 104 valence electrons. The molecule has 1 amide bonds. The monoisotopic (exact) mass is 263 g/mol. The molecule has 4 heteroatoms. The van der Waals surface area contributed by atoms with E-state index in [9.17, 15) is 9.90 Å². The van der Waals surface area contributed by atoms with Crippen molar-refractivity contribution >= 4 is 5.91 Å². The van der Waals surface area contributed by atoms with Crippen LogP contribution < -0.4 is 0 Å². The zero-order chi connectivity index (χ0) is 13.8. The molecule has 0 radical (unpaired) electrons. The van der Waals surface area contributed by atoms with Crippen molar-refractivity contribution in [3.8, 4) is 0 Å². The number of nitrogens with zero attached hydrogens (tertiary/aromatic N) is 1. The van der Waals surface area contributed by atoms with Gasteiger partial charge in [0.05, 0.1) is 6.10 Å². The van der Waals surface area contributed by atoms with E-state index < -0.39 is 6.10 Å². The molecule has 3 unspecified atom stereocenters. The van der Waals surface area contributed by atoms with Gasteiger partial charge in [-0.25, -0.2) is 0 Å². The van der Waals surface area contributed by atoms with E-state index in [0.717, 1.165) is 12.0 Å². The molecule has 0 saturated carbocycles.